The number of carbonyl (C=O) groups excluding carboxylic acids is 1. The number of aromatic amines is 1. The van der Waals surface area contributed by atoms with Gasteiger partial charge >= 0.3 is 0 Å². The Balaban J connectivity index is 1.95. The zero-order chi connectivity index (χ0) is 11.7. The topological polar surface area (TPSA) is 70.7 Å². The van der Waals surface area contributed by atoms with E-state index in [-0.39, 0.29) is 5.91 Å². The summed E-state index contributed by atoms with van der Waals surface area (Å²) in [5.74, 6) is -0.208. The average molecular weight is 244 g/mol. The van der Waals surface area contributed by atoms with Crippen LogP contribution in [0.4, 0.5) is 5.69 Å². The second kappa shape index (κ2) is 3.99. The molecule has 0 aliphatic carbocycles. The number of benzene rings is 1. The Morgan fingerprint density at radius 2 is 2.35 bits per heavy atom. The highest BCUT2D eigenvalue weighted by Crippen LogP contribution is 2.21. The van der Waals surface area contributed by atoms with Gasteiger partial charge in [-0.15, -0.1) is 11.3 Å². The average Bonchev–Trinajstić information content (AvgIpc) is 3.00. The summed E-state index contributed by atoms with van der Waals surface area (Å²) >= 11 is 1.39. The summed E-state index contributed by atoms with van der Waals surface area (Å²) in [6, 6.07) is 5.60. The molecular weight excluding hydrogens is 236 g/mol. The molecule has 0 unspecified atom stereocenters. The van der Waals surface area contributed by atoms with Crippen molar-refractivity contribution in [3.05, 3.63) is 41.0 Å². The highest BCUT2D eigenvalue weighted by atomic mass is 32.1. The number of aromatic nitrogens is 3. The number of amides is 1. The monoisotopic (exact) mass is 244 g/mol. The maximum Gasteiger partial charge on any atom is 0.275 e. The van der Waals surface area contributed by atoms with Crippen molar-refractivity contribution >= 4 is 33.8 Å². The zero-order valence-electron chi connectivity index (χ0n) is 8.68. The quantitative estimate of drug-likeness (QED) is 0.726. The van der Waals surface area contributed by atoms with E-state index in [1.165, 1.54) is 11.3 Å². The normalized spacial score (nSPS) is 10.6. The van der Waals surface area contributed by atoms with Crippen molar-refractivity contribution in [3.63, 3.8) is 0 Å². The van der Waals surface area contributed by atoms with Crippen LogP contribution in [0.1, 0.15) is 10.5 Å². The van der Waals surface area contributed by atoms with Crippen LogP contribution in [0, 0.1) is 0 Å². The number of anilines is 1. The summed E-state index contributed by atoms with van der Waals surface area (Å²) in [6.07, 6.45) is 1.69. The van der Waals surface area contributed by atoms with Crippen LogP contribution in [-0.4, -0.2) is 21.1 Å². The SMILES string of the molecule is O=C(Nc1cccc2[nH]ncc12)c1cscn1. The largest absolute Gasteiger partial charge is 0.320 e. The Morgan fingerprint density at radius 3 is 3.18 bits per heavy atom. The molecular formula is C11H8N4OS. The maximum atomic E-state index is 11.8. The van der Waals surface area contributed by atoms with Crippen LogP contribution < -0.4 is 5.32 Å². The molecule has 3 rings (SSSR count). The minimum atomic E-state index is -0.208. The molecule has 0 atom stereocenters. The van der Waals surface area contributed by atoms with Gasteiger partial charge in [0, 0.05) is 10.8 Å². The number of nitrogens with zero attached hydrogens (tertiary/aromatic N) is 2. The van der Waals surface area contributed by atoms with Crippen LogP contribution >= 0.6 is 11.3 Å². The highest BCUT2D eigenvalue weighted by molar-refractivity contribution is 7.07. The van der Waals surface area contributed by atoms with Crippen LogP contribution in [0.25, 0.3) is 10.9 Å². The number of fused-ring (bicyclic) bond motifs is 1. The van der Waals surface area contributed by atoms with Gasteiger partial charge in [-0.3, -0.25) is 9.89 Å². The molecule has 0 saturated carbocycles. The van der Waals surface area contributed by atoms with Crippen molar-refractivity contribution in [3.8, 4) is 0 Å². The maximum absolute atomic E-state index is 11.8. The van der Waals surface area contributed by atoms with Crippen LogP contribution in [0.3, 0.4) is 0 Å². The second-order valence-corrected chi connectivity index (χ2v) is 4.18. The van der Waals surface area contributed by atoms with Crippen LogP contribution in [0.2, 0.25) is 0 Å². The van der Waals surface area contributed by atoms with Crippen molar-refractivity contribution in [2.24, 2.45) is 0 Å². The molecule has 0 saturated heterocycles. The van der Waals surface area contributed by atoms with Gasteiger partial charge in [0.05, 0.1) is 22.9 Å². The molecule has 3 aromatic rings. The fourth-order valence-electron chi connectivity index (χ4n) is 1.59. The summed E-state index contributed by atoms with van der Waals surface area (Å²) in [7, 11) is 0. The van der Waals surface area contributed by atoms with Gasteiger partial charge in [-0.1, -0.05) is 6.07 Å². The van der Waals surface area contributed by atoms with Crippen molar-refractivity contribution in [1.29, 1.82) is 0 Å². The van der Waals surface area contributed by atoms with E-state index in [0.29, 0.717) is 5.69 Å². The van der Waals surface area contributed by atoms with Crippen LogP contribution in [0.15, 0.2) is 35.3 Å². The second-order valence-electron chi connectivity index (χ2n) is 3.46. The first-order valence-electron chi connectivity index (χ1n) is 4.96. The van der Waals surface area contributed by atoms with Gasteiger partial charge in [-0.25, -0.2) is 4.98 Å². The van der Waals surface area contributed by atoms with E-state index >= 15 is 0 Å². The third kappa shape index (κ3) is 1.78. The van der Waals surface area contributed by atoms with Gasteiger partial charge in [0.15, 0.2) is 0 Å². The fourth-order valence-corrected chi connectivity index (χ4v) is 2.12. The molecule has 6 heteroatoms. The van der Waals surface area contributed by atoms with Gasteiger partial charge in [0.25, 0.3) is 5.91 Å². The minimum Gasteiger partial charge on any atom is -0.320 e. The third-order valence-electron chi connectivity index (χ3n) is 2.40. The predicted molar refractivity (Wildman–Crippen MR) is 66.2 cm³/mol. The molecule has 2 N–H and O–H groups in total. The fraction of sp³-hybridized carbons (Fsp3) is 0. The lowest BCUT2D eigenvalue weighted by molar-refractivity contribution is 0.102. The lowest BCUT2D eigenvalue weighted by atomic mass is 10.2. The summed E-state index contributed by atoms with van der Waals surface area (Å²) in [6.45, 7) is 0. The lowest BCUT2D eigenvalue weighted by Gasteiger charge is -2.03. The van der Waals surface area contributed by atoms with Crippen LogP contribution in [0.5, 0.6) is 0 Å². The van der Waals surface area contributed by atoms with E-state index in [4.69, 9.17) is 0 Å². The molecule has 2 aromatic heterocycles. The first kappa shape index (κ1) is 9.98. The highest BCUT2D eigenvalue weighted by Gasteiger charge is 2.10. The molecule has 0 aliphatic rings. The molecule has 0 fully saturated rings. The van der Waals surface area contributed by atoms with Crippen molar-refractivity contribution in [1.82, 2.24) is 15.2 Å². The summed E-state index contributed by atoms with van der Waals surface area (Å²) in [5, 5.41) is 12.2. The number of carbonyl (C=O) groups is 1. The molecule has 0 bridgehead atoms. The third-order valence-corrected chi connectivity index (χ3v) is 2.98. The number of hydrogen-bond donors (Lipinski definition) is 2. The van der Waals surface area contributed by atoms with E-state index in [2.05, 4.69) is 20.5 Å². The van der Waals surface area contributed by atoms with Gasteiger partial charge in [0.1, 0.15) is 5.69 Å². The molecule has 17 heavy (non-hydrogen) atoms. The van der Waals surface area contributed by atoms with E-state index in [0.717, 1.165) is 16.6 Å². The number of hydrogen-bond acceptors (Lipinski definition) is 4. The Morgan fingerprint density at radius 1 is 1.41 bits per heavy atom. The van der Waals surface area contributed by atoms with E-state index in [1.807, 2.05) is 18.2 Å². The standard InChI is InChI=1S/C11H8N4OS/c16-11(10-5-17-6-12-10)14-8-2-1-3-9-7(8)4-13-15-9/h1-6H,(H,13,15)(H,14,16). The van der Waals surface area contributed by atoms with Crippen molar-refractivity contribution in [2.75, 3.05) is 5.32 Å². The lowest BCUT2D eigenvalue weighted by Crippen LogP contribution is -2.12. The smallest absolute Gasteiger partial charge is 0.275 e. The summed E-state index contributed by atoms with van der Waals surface area (Å²) in [5.41, 5.74) is 3.68. The van der Waals surface area contributed by atoms with E-state index < -0.39 is 0 Å². The number of thiazole rings is 1. The Bertz CT molecular complexity index is 659. The molecule has 2 heterocycles. The molecule has 5 nitrogen and oxygen atoms in total. The molecule has 0 aliphatic heterocycles. The zero-order valence-corrected chi connectivity index (χ0v) is 9.49. The van der Waals surface area contributed by atoms with Gasteiger partial charge in [-0.2, -0.15) is 5.10 Å². The van der Waals surface area contributed by atoms with Gasteiger partial charge < -0.3 is 5.32 Å². The van der Waals surface area contributed by atoms with Crippen LogP contribution in [-0.2, 0) is 0 Å². The van der Waals surface area contributed by atoms with Crippen molar-refractivity contribution in [2.45, 2.75) is 0 Å². The van der Waals surface area contributed by atoms with Gasteiger partial charge in [-0.05, 0) is 12.1 Å². The Kier molecular flexibility index (Phi) is 2.34. The first-order valence-corrected chi connectivity index (χ1v) is 5.90. The Labute approximate surface area is 101 Å². The minimum absolute atomic E-state index is 0.208. The molecule has 1 aromatic carbocycles. The van der Waals surface area contributed by atoms with Gasteiger partial charge in [0.2, 0.25) is 0 Å². The predicted octanol–water partition coefficient (Wildman–Crippen LogP) is 2.27. The molecule has 1 amide bonds. The van der Waals surface area contributed by atoms with E-state index in [9.17, 15) is 4.79 Å². The number of H-pyrrole nitrogens is 1. The Hall–Kier alpha value is -2.21. The summed E-state index contributed by atoms with van der Waals surface area (Å²) in [4.78, 5) is 15.8. The molecule has 0 radical (unpaired) electrons. The van der Waals surface area contributed by atoms with E-state index in [1.54, 1.807) is 17.1 Å². The van der Waals surface area contributed by atoms with Crippen molar-refractivity contribution < 1.29 is 4.79 Å². The number of rotatable bonds is 2. The first-order chi connectivity index (χ1) is 8.34. The molecule has 0 spiro atoms. The summed E-state index contributed by atoms with van der Waals surface area (Å²) < 4.78 is 0. The molecule has 84 valence electrons. The number of nitrogens with one attached hydrogen (secondary N) is 2.